The first-order valence-corrected chi connectivity index (χ1v) is 16.2. The number of thioether (sulfide) groups is 1. The average Bonchev–Trinajstić information content (AvgIpc) is 3.58. The molecule has 1 aromatic carbocycles. The van der Waals surface area contributed by atoms with Crippen LogP contribution in [-0.2, 0) is 28.5 Å². The van der Waals surface area contributed by atoms with Crippen LogP contribution in [0.4, 0.5) is 19.3 Å². The van der Waals surface area contributed by atoms with Gasteiger partial charge in [0, 0.05) is 41.5 Å². The van der Waals surface area contributed by atoms with Gasteiger partial charge < -0.3 is 40.2 Å². The van der Waals surface area contributed by atoms with Gasteiger partial charge in [0.05, 0.1) is 64.9 Å². The number of carbonyl (C=O) groups excluding carboxylic acids is 3. The Morgan fingerprint density at radius 2 is 1.57 bits per heavy atom. The van der Waals surface area contributed by atoms with Crippen molar-refractivity contribution in [3.63, 3.8) is 0 Å². The number of hydrogen-bond donors (Lipinski definition) is 4. The van der Waals surface area contributed by atoms with Crippen LogP contribution in [0.15, 0.2) is 23.3 Å². The number of carbonyl (C=O) groups is 3. The van der Waals surface area contributed by atoms with E-state index in [9.17, 15) is 23.2 Å². The number of amides is 4. The Kier molecular flexibility index (Phi) is 17.2. The van der Waals surface area contributed by atoms with Crippen LogP contribution in [0.1, 0.15) is 31.2 Å². The van der Waals surface area contributed by atoms with Crippen LogP contribution in [0.2, 0.25) is 0 Å². The standard InChI is InChI=1S/C29H41F2N7O7S/c30-21-17-20(18-22(31)27(21)37-38-32)5-6-26(40)34-8-10-43-12-14-45-16-15-44-13-11-42-9-7-33-25(39)4-2-1-3-24-28-23(19-46-24)35-29(41)36-28/h5-6,17-18,23-24,28H,1-4,7-16,19H2,(H,33,39)(H,34,40)(H2,35,36,41)/b6-5+/t23-,24-,28-/m0/s1. The lowest BCUT2D eigenvalue weighted by Crippen LogP contribution is -2.36. The summed E-state index contributed by atoms with van der Waals surface area (Å²) < 4.78 is 49.2. The first-order chi connectivity index (χ1) is 22.4. The van der Waals surface area contributed by atoms with Gasteiger partial charge in [0.15, 0.2) is 0 Å². The van der Waals surface area contributed by atoms with Crippen LogP contribution >= 0.6 is 11.8 Å². The Bertz CT molecular complexity index is 1200. The van der Waals surface area contributed by atoms with Crippen molar-refractivity contribution in [2.75, 3.05) is 71.7 Å². The summed E-state index contributed by atoms with van der Waals surface area (Å²) in [5.41, 5.74) is 7.70. The van der Waals surface area contributed by atoms with Gasteiger partial charge >= 0.3 is 6.03 Å². The third-order valence-corrected chi connectivity index (χ3v) is 8.43. The number of unbranched alkanes of at least 4 members (excludes halogenated alkanes) is 1. The van der Waals surface area contributed by atoms with Crippen LogP contribution in [0.25, 0.3) is 16.5 Å². The van der Waals surface area contributed by atoms with E-state index in [1.54, 1.807) is 0 Å². The third-order valence-electron chi connectivity index (χ3n) is 6.92. The van der Waals surface area contributed by atoms with Gasteiger partial charge in [-0.25, -0.2) is 13.6 Å². The summed E-state index contributed by atoms with van der Waals surface area (Å²) in [6.07, 6.45) is 5.59. The average molecular weight is 670 g/mol. The van der Waals surface area contributed by atoms with Crippen LogP contribution in [0.5, 0.6) is 0 Å². The molecule has 2 saturated heterocycles. The molecule has 0 aliphatic carbocycles. The molecule has 14 nitrogen and oxygen atoms in total. The van der Waals surface area contributed by atoms with Crippen molar-refractivity contribution in [2.45, 2.75) is 43.0 Å². The summed E-state index contributed by atoms with van der Waals surface area (Å²) >= 11 is 1.88. The fourth-order valence-corrected chi connectivity index (χ4v) is 6.23. The summed E-state index contributed by atoms with van der Waals surface area (Å²) in [5.74, 6) is -1.57. The Labute approximate surface area is 270 Å². The number of nitrogens with one attached hydrogen (secondary N) is 4. The normalized spacial score (nSPS) is 18.6. The summed E-state index contributed by atoms with van der Waals surface area (Å²) in [5, 5.41) is 14.7. The zero-order chi connectivity index (χ0) is 33.0. The van der Waals surface area contributed by atoms with Crippen molar-refractivity contribution in [1.82, 2.24) is 21.3 Å². The zero-order valence-electron chi connectivity index (χ0n) is 25.5. The van der Waals surface area contributed by atoms with Crippen molar-refractivity contribution in [2.24, 2.45) is 5.11 Å². The van der Waals surface area contributed by atoms with Crippen molar-refractivity contribution in [1.29, 1.82) is 0 Å². The van der Waals surface area contributed by atoms with Gasteiger partial charge in [-0.3, -0.25) is 9.59 Å². The molecular formula is C29H41F2N7O7S. The molecule has 0 radical (unpaired) electrons. The Morgan fingerprint density at radius 1 is 0.957 bits per heavy atom. The molecule has 0 aromatic heterocycles. The molecule has 2 aliphatic heterocycles. The van der Waals surface area contributed by atoms with E-state index in [2.05, 4.69) is 31.3 Å². The molecule has 254 valence electrons. The maximum Gasteiger partial charge on any atom is 0.315 e. The van der Waals surface area contributed by atoms with Crippen molar-refractivity contribution in [3.8, 4) is 0 Å². The highest BCUT2D eigenvalue weighted by Crippen LogP contribution is 2.33. The minimum Gasteiger partial charge on any atom is -0.377 e. The molecule has 2 heterocycles. The summed E-state index contributed by atoms with van der Waals surface area (Å²) in [7, 11) is 0. The predicted octanol–water partition coefficient (Wildman–Crippen LogP) is 2.94. The molecule has 0 unspecified atom stereocenters. The van der Waals surface area contributed by atoms with E-state index >= 15 is 0 Å². The summed E-state index contributed by atoms with van der Waals surface area (Å²) in [4.78, 5) is 37.6. The molecule has 4 N–H and O–H groups in total. The number of hydrogen-bond acceptors (Lipinski definition) is 9. The van der Waals surface area contributed by atoms with Gasteiger partial charge in [-0.15, -0.1) is 0 Å². The first kappa shape index (κ1) is 37.0. The minimum absolute atomic E-state index is 0.0110. The predicted molar refractivity (Wildman–Crippen MR) is 167 cm³/mol. The van der Waals surface area contributed by atoms with Gasteiger partial charge in [-0.2, -0.15) is 11.8 Å². The number of nitrogens with zero attached hydrogens (tertiary/aromatic N) is 3. The second kappa shape index (κ2) is 21.3. The Balaban J connectivity index is 1.04. The minimum atomic E-state index is -1.03. The van der Waals surface area contributed by atoms with E-state index < -0.39 is 23.2 Å². The van der Waals surface area contributed by atoms with Crippen LogP contribution in [0, 0.1) is 11.6 Å². The van der Waals surface area contributed by atoms with Crippen molar-refractivity contribution < 1.29 is 42.1 Å². The number of rotatable bonds is 23. The monoisotopic (exact) mass is 669 g/mol. The van der Waals surface area contributed by atoms with Crippen LogP contribution < -0.4 is 21.3 Å². The third kappa shape index (κ3) is 13.9. The van der Waals surface area contributed by atoms with E-state index in [4.69, 9.17) is 24.5 Å². The van der Waals surface area contributed by atoms with E-state index in [1.807, 2.05) is 11.8 Å². The fourth-order valence-electron chi connectivity index (χ4n) is 4.69. The molecule has 0 saturated carbocycles. The van der Waals surface area contributed by atoms with Gasteiger partial charge in [0.25, 0.3) is 0 Å². The molecule has 4 amide bonds. The molecule has 0 bridgehead atoms. The molecule has 2 fully saturated rings. The maximum absolute atomic E-state index is 13.7. The van der Waals surface area contributed by atoms with Crippen LogP contribution in [-0.4, -0.2) is 107 Å². The summed E-state index contributed by atoms with van der Waals surface area (Å²) in [6.45, 7) is 3.61. The lowest BCUT2D eigenvalue weighted by molar-refractivity contribution is -0.121. The van der Waals surface area contributed by atoms with Crippen LogP contribution in [0.3, 0.4) is 0 Å². The molecule has 46 heavy (non-hydrogen) atoms. The van der Waals surface area contributed by atoms with E-state index in [-0.39, 0.29) is 42.7 Å². The van der Waals surface area contributed by atoms with Gasteiger partial charge in [-0.05, 0) is 42.1 Å². The molecule has 0 spiro atoms. The highest BCUT2D eigenvalue weighted by Gasteiger charge is 2.42. The fraction of sp³-hybridized carbons (Fsp3) is 0.621. The number of azide groups is 1. The van der Waals surface area contributed by atoms with Gasteiger partial charge in [0.1, 0.15) is 17.3 Å². The number of fused-ring (bicyclic) bond motifs is 1. The molecule has 1 aromatic rings. The topological polar surface area (TPSA) is 185 Å². The van der Waals surface area contributed by atoms with E-state index in [0.29, 0.717) is 64.5 Å². The quantitative estimate of drug-likeness (QED) is 0.0342. The highest BCUT2D eigenvalue weighted by molar-refractivity contribution is 8.00. The lowest BCUT2D eigenvalue weighted by atomic mass is 10.0. The van der Waals surface area contributed by atoms with E-state index in [1.165, 1.54) is 6.08 Å². The first-order valence-electron chi connectivity index (χ1n) is 15.1. The smallest absolute Gasteiger partial charge is 0.315 e. The molecule has 17 heteroatoms. The van der Waals surface area contributed by atoms with Crippen molar-refractivity contribution in [3.05, 3.63) is 45.8 Å². The molecular weight excluding hydrogens is 628 g/mol. The number of benzene rings is 1. The van der Waals surface area contributed by atoms with Gasteiger partial charge in [0.2, 0.25) is 11.8 Å². The zero-order valence-corrected chi connectivity index (χ0v) is 26.3. The maximum atomic E-state index is 13.7. The van der Waals surface area contributed by atoms with Crippen molar-refractivity contribution >= 4 is 41.4 Å². The summed E-state index contributed by atoms with van der Waals surface area (Å²) in [6, 6.07) is 2.26. The second-order valence-electron chi connectivity index (χ2n) is 10.3. The number of urea groups is 1. The molecule has 3 atom stereocenters. The number of halogens is 2. The molecule has 2 aliphatic rings. The van der Waals surface area contributed by atoms with Gasteiger partial charge in [-0.1, -0.05) is 11.5 Å². The largest absolute Gasteiger partial charge is 0.377 e. The molecule has 3 rings (SSSR count). The lowest BCUT2D eigenvalue weighted by Gasteiger charge is -2.16. The number of ether oxygens (including phenoxy) is 4. The highest BCUT2D eigenvalue weighted by atomic mass is 32.2. The Morgan fingerprint density at radius 3 is 2.20 bits per heavy atom. The second-order valence-corrected chi connectivity index (χ2v) is 11.6. The SMILES string of the molecule is [N-]=[N+]=Nc1c(F)cc(/C=C/C(=O)NCCOCCOCCOCCOCCNC(=O)CCCC[C@@H]2SC[C@@H]3NC(=O)N[C@@H]32)cc1F. The Hall–Kier alpha value is -3.47. The van der Waals surface area contributed by atoms with E-state index in [0.717, 1.165) is 43.2 Å².